The van der Waals surface area contributed by atoms with Crippen molar-refractivity contribution in [2.24, 2.45) is 0 Å². The SMILES string of the molecule is CN(C)CCN1CCN(C(=O)c2cc(N)ccn2)CC1. The Morgan fingerprint density at radius 1 is 1.35 bits per heavy atom. The number of nitrogens with zero attached hydrogens (tertiary/aromatic N) is 4. The summed E-state index contributed by atoms with van der Waals surface area (Å²) in [5.74, 6) is -0.0236. The minimum Gasteiger partial charge on any atom is -0.399 e. The highest BCUT2D eigenvalue weighted by atomic mass is 16.2. The Morgan fingerprint density at radius 3 is 2.65 bits per heavy atom. The van der Waals surface area contributed by atoms with E-state index in [2.05, 4.69) is 28.9 Å². The molecule has 110 valence electrons. The van der Waals surface area contributed by atoms with E-state index in [1.54, 1.807) is 18.3 Å². The van der Waals surface area contributed by atoms with E-state index in [0.29, 0.717) is 11.4 Å². The van der Waals surface area contributed by atoms with Gasteiger partial charge in [0.25, 0.3) is 5.91 Å². The zero-order chi connectivity index (χ0) is 14.5. The number of hydrogen-bond acceptors (Lipinski definition) is 5. The highest BCUT2D eigenvalue weighted by Gasteiger charge is 2.22. The van der Waals surface area contributed by atoms with Crippen molar-refractivity contribution in [1.82, 2.24) is 19.7 Å². The summed E-state index contributed by atoms with van der Waals surface area (Å²) in [5.41, 5.74) is 6.71. The summed E-state index contributed by atoms with van der Waals surface area (Å²) in [7, 11) is 4.15. The summed E-state index contributed by atoms with van der Waals surface area (Å²) in [6.07, 6.45) is 1.58. The van der Waals surface area contributed by atoms with Crippen LogP contribution in [0.5, 0.6) is 0 Å². The summed E-state index contributed by atoms with van der Waals surface area (Å²) in [4.78, 5) is 22.8. The van der Waals surface area contributed by atoms with Crippen LogP contribution in [0, 0.1) is 0 Å². The van der Waals surface area contributed by atoms with Crippen LogP contribution in [-0.4, -0.2) is 79.0 Å². The van der Waals surface area contributed by atoms with Gasteiger partial charge in [0.1, 0.15) is 5.69 Å². The number of amides is 1. The van der Waals surface area contributed by atoms with Crippen molar-refractivity contribution in [3.63, 3.8) is 0 Å². The van der Waals surface area contributed by atoms with Crippen LogP contribution in [0.2, 0.25) is 0 Å². The number of nitrogens with two attached hydrogens (primary N) is 1. The van der Waals surface area contributed by atoms with E-state index in [1.807, 2.05) is 4.90 Å². The van der Waals surface area contributed by atoms with Crippen molar-refractivity contribution in [1.29, 1.82) is 0 Å². The summed E-state index contributed by atoms with van der Waals surface area (Å²) in [6.45, 7) is 5.44. The molecule has 2 N–H and O–H groups in total. The Kier molecular flexibility index (Phi) is 4.92. The van der Waals surface area contributed by atoms with Gasteiger partial charge in [-0.15, -0.1) is 0 Å². The van der Waals surface area contributed by atoms with Crippen LogP contribution in [0.25, 0.3) is 0 Å². The van der Waals surface area contributed by atoms with Gasteiger partial charge >= 0.3 is 0 Å². The number of likely N-dealkylation sites (N-methyl/N-ethyl adjacent to an activating group) is 1. The summed E-state index contributed by atoms with van der Waals surface area (Å²) < 4.78 is 0. The van der Waals surface area contributed by atoms with Gasteiger partial charge in [-0.1, -0.05) is 0 Å². The molecule has 1 aliphatic heterocycles. The molecule has 1 saturated heterocycles. The molecule has 0 bridgehead atoms. The number of nitrogen functional groups attached to an aromatic ring is 1. The third-order valence-corrected chi connectivity index (χ3v) is 3.53. The first-order valence-electron chi connectivity index (χ1n) is 6.94. The molecule has 0 radical (unpaired) electrons. The minimum atomic E-state index is -0.0236. The van der Waals surface area contributed by atoms with Crippen molar-refractivity contribution in [2.45, 2.75) is 0 Å². The van der Waals surface area contributed by atoms with Gasteiger partial charge in [0, 0.05) is 51.2 Å². The molecular formula is C14H23N5O. The fourth-order valence-corrected chi connectivity index (χ4v) is 2.24. The quantitative estimate of drug-likeness (QED) is 0.838. The van der Waals surface area contributed by atoms with E-state index in [9.17, 15) is 4.79 Å². The average molecular weight is 277 g/mol. The van der Waals surface area contributed by atoms with Crippen LogP contribution in [0.15, 0.2) is 18.3 Å². The fourth-order valence-electron chi connectivity index (χ4n) is 2.24. The van der Waals surface area contributed by atoms with Gasteiger partial charge < -0.3 is 15.5 Å². The van der Waals surface area contributed by atoms with Crippen LogP contribution in [-0.2, 0) is 0 Å². The highest BCUT2D eigenvalue weighted by molar-refractivity contribution is 5.93. The van der Waals surface area contributed by atoms with Gasteiger partial charge in [-0.05, 0) is 26.2 Å². The normalized spacial score (nSPS) is 16.6. The Balaban J connectivity index is 1.86. The molecule has 0 atom stereocenters. The van der Waals surface area contributed by atoms with Gasteiger partial charge in [0.05, 0.1) is 0 Å². The van der Waals surface area contributed by atoms with Crippen molar-refractivity contribution >= 4 is 11.6 Å². The predicted molar refractivity (Wildman–Crippen MR) is 79.5 cm³/mol. The van der Waals surface area contributed by atoms with E-state index in [4.69, 9.17) is 5.73 Å². The molecule has 1 aromatic heterocycles. The first kappa shape index (κ1) is 14.7. The maximum absolute atomic E-state index is 12.3. The Morgan fingerprint density at radius 2 is 2.05 bits per heavy atom. The zero-order valence-corrected chi connectivity index (χ0v) is 12.2. The van der Waals surface area contributed by atoms with Crippen molar-refractivity contribution in [2.75, 3.05) is 59.1 Å². The molecule has 0 aromatic carbocycles. The van der Waals surface area contributed by atoms with Gasteiger partial charge in [-0.25, -0.2) is 0 Å². The van der Waals surface area contributed by atoms with Crippen molar-refractivity contribution in [3.05, 3.63) is 24.0 Å². The number of aromatic nitrogens is 1. The number of hydrogen-bond donors (Lipinski definition) is 1. The average Bonchev–Trinajstić information content (AvgIpc) is 2.45. The molecular weight excluding hydrogens is 254 g/mol. The smallest absolute Gasteiger partial charge is 0.272 e. The molecule has 0 unspecified atom stereocenters. The number of anilines is 1. The molecule has 6 nitrogen and oxygen atoms in total. The maximum atomic E-state index is 12.3. The number of pyridine rings is 1. The summed E-state index contributed by atoms with van der Waals surface area (Å²) >= 11 is 0. The number of piperazine rings is 1. The third kappa shape index (κ3) is 3.91. The van der Waals surface area contributed by atoms with E-state index >= 15 is 0 Å². The molecule has 1 aromatic rings. The van der Waals surface area contributed by atoms with Crippen LogP contribution in [0.4, 0.5) is 5.69 Å². The minimum absolute atomic E-state index is 0.0236. The Hall–Kier alpha value is -1.66. The maximum Gasteiger partial charge on any atom is 0.272 e. The molecule has 20 heavy (non-hydrogen) atoms. The number of carbonyl (C=O) groups is 1. The zero-order valence-electron chi connectivity index (χ0n) is 12.2. The Labute approximate surface area is 120 Å². The summed E-state index contributed by atoms with van der Waals surface area (Å²) in [6, 6.07) is 3.33. The molecule has 6 heteroatoms. The lowest BCUT2D eigenvalue weighted by molar-refractivity contribution is 0.0624. The lowest BCUT2D eigenvalue weighted by atomic mass is 10.2. The molecule has 1 aliphatic rings. The lowest BCUT2D eigenvalue weighted by Crippen LogP contribution is -2.50. The molecule has 1 amide bonds. The second-order valence-corrected chi connectivity index (χ2v) is 5.41. The van der Waals surface area contributed by atoms with Crippen molar-refractivity contribution < 1.29 is 4.79 Å². The number of rotatable bonds is 4. The lowest BCUT2D eigenvalue weighted by Gasteiger charge is -2.35. The van der Waals surface area contributed by atoms with Crippen LogP contribution in [0.3, 0.4) is 0 Å². The summed E-state index contributed by atoms with van der Waals surface area (Å²) in [5, 5.41) is 0. The van der Waals surface area contributed by atoms with E-state index in [0.717, 1.165) is 39.3 Å². The van der Waals surface area contributed by atoms with E-state index in [1.165, 1.54) is 0 Å². The van der Waals surface area contributed by atoms with E-state index in [-0.39, 0.29) is 5.91 Å². The first-order chi connectivity index (χ1) is 9.56. The Bertz CT molecular complexity index is 455. The van der Waals surface area contributed by atoms with Crippen LogP contribution >= 0.6 is 0 Å². The second-order valence-electron chi connectivity index (χ2n) is 5.41. The third-order valence-electron chi connectivity index (χ3n) is 3.53. The number of carbonyl (C=O) groups excluding carboxylic acids is 1. The monoisotopic (exact) mass is 277 g/mol. The molecule has 1 fully saturated rings. The van der Waals surface area contributed by atoms with Crippen LogP contribution in [0.1, 0.15) is 10.5 Å². The largest absolute Gasteiger partial charge is 0.399 e. The van der Waals surface area contributed by atoms with Gasteiger partial charge in [0.2, 0.25) is 0 Å². The first-order valence-corrected chi connectivity index (χ1v) is 6.94. The van der Waals surface area contributed by atoms with Crippen LogP contribution < -0.4 is 5.73 Å². The molecule has 2 rings (SSSR count). The molecule has 2 heterocycles. The highest BCUT2D eigenvalue weighted by Crippen LogP contribution is 2.09. The molecule has 0 saturated carbocycles. The molecule has 0 aliphatic carbocycles. The van der Waals surface area contributed by atoms with Gasteiger partial charge in [-0.3, -0.25) is 14.7 Å². The predicted octanol–water partition coefficient (Wildman–Crippen LogP) is -0.0168. The fraction of sp³-hybridized carbons (Fsp3) is 0.571. The topological polar surface area (TPSA) is 65.7 Å². The second kappa shape index (κ2) is 6.67. The van der Waals surface area contributed by atoms with Gasteiger partial charge in [0.15, 0.2) is 0 Å². The van der Waals surface area contributed by atoms with Crippen molar-refractivity contribution in [3.8, 4) is 0 Å². The molecule has 0 spiro atoms. The van der Waals surface area contributed by atoms with E-state index < -0.39 is 0 Å². The standard InChI is InChI=1S/C14H23N5O/c1-17(2)5-6-18-7-9-19(10-8-18)14(20)13-11-12(15)3-4-16-13/h3-4,11H,5-10H2,1-2H3,(H2,15,16). The van der Waals surface area contributed by atoms with Gasteiger partial charge in [-0.2, -0.15) is 0 Å².